The van der Waals surface area contributed by atoms with E-state index in [0.717, 1.165) is 64.5 Å². The minimum Gasteiger partial charge on any atom is -0.383 e. The van der Waals surface area contributed by atoms with E-state index in [9.17, 15) is 0 Å². The Morgan fingerprint density at radius 1 is 1.21 bits per heavy atom. The first-order chi connectivity index (χ1) is 16.2. The largest absolute Gasteiger partial charge is 0.383 e. The second-order valence-electron chi connectivity index (χ2n) is 8.66. The summed E-state index contributed by atoms with van der Waals surface area (Å²) in [7, 11) is 1.77. The number of anilines is 3. The highest BCUT2D eigenvalue weighted by Crippen LogP contribution is 2.36. The lowest BCUT2D eigenvalue weighted by molar-refractivity contribution is 0.136. The number of rotatable bonds is 7. The number of aromatic amines is 1. The van der Waals surface area contributed by atoms with Crippen molar-refractivity contribution in [3.63, 3.8) is 0 Å². The number of methoxy groups -OCH3 is 1. The van der Waals surface area contributed by atoms with Gasteiger partial charge in [0.1, 0.15) is 16.2 Å². The summed E-state index contributed by atoms with van der Waals surface area (Å²) >= 11 is 1.53. The van der Waals surface area contributed by atoms with Crippen LogP contribution in [0.5, 0.6) is 0 Å². The Bertz CT molecular complexity index is 1290. The van der Waals surface area contributed by atoms with Crippen LogP contribution in [-0.4, -0.2) is 75.5 Å². The number of thiazole rings is 1. The first-order valence-corrected chi connectivity index (χ1v) is 12.0. The molecule has 6 heterocycles. The monoisotopic (exact) mass is 462 g/mol. The normalized spacial score (nSPS) is 20.2. The fourth-order valence-corrected chi connectivity index (χ4v) is 5.80. The molecule has 2 aliphatic rings. The number of pyridine rings is 2. The van der Waals surface area contributed by atoms with Crippen LogP contribution in [0.3, 0.4) is 0 Å². The molecule has 0 aliphatic carbocycles. The third kappa shape index (κ3) is 3.84. The van der Waals surface area contributed by atoms with Crippen molar-refractivity contribution in [1.29, 1.82) is 0 Å². The van der Waals surface area contributed by atoms with Crippen LogP contribution < -0.4 is 10.2 Å². The highest BCUT2D eigenvalue weighted by Gasteiger charge is 2.42. The maximum Gasteiger partial charge on any atom is 0.190 e. The molecule has 0 aromatic carbocycles. The molecule has 2 saturated heterocycles. The third-order valence-electron chi connectivity index (χ3n) is 6.61. The number of fused-ring (bicyclic) bond motifs is 3. The van der Waals surface area contributed by atoms with Gasteiger partial charge in [-0.05, 0) is 31.5 Å². The summed E-state index contributed by atoms with van der Waals surface area (Å²) in [5.41, 5.74) is 4.99. The fourth-order valence-electron chi connectivity index (χ4n) is 4.95. The topological polar surface area (TPSA) is 95.1 Å². The number of ether oxygens (including phenoxy) is 1. The van der Waals surface area contributed by atoms with E-state index in [0.29, 0.717) is 12.1 Å². The van der Waals surface area contributed by atoms with Gasteiger partial charge in [-0.2, -0.15) is 5.10 Å². The molecule has 2 fully saturated rings. The van der Waals surface area contributed by atoms with Crippen LogP contribution in [0, 0.1) is 6.92 Å². The van der Waals surface area contributed by atoms with Crippen molar-refractivity contribution >= 4 is 38.3 Å². The van der Waals surface area contributed by atoms with Crippen molar-refractivity contribution < 1.29 is 4.74 Å². The van der Waals surface area contributed by atoms with Gasteiger partial charge in [-0.3, -0.25) is 10.00 Å². The first kappa shape index (κ1) is 20.5. The van der Waals surface area contributed by atoms with Crippen molar-refractivity contribution in [2.24, 2.45) is 0 Å². The zero-order chi connectivity index (χ0) is 22.4. The molecule has 0 saturated carbocycles. The van der Waals surface area contributed by atoms with Crippen LogP contribution in [0.15, 0.2) is 36.7 Å². The molecule has 33 heavy (non-hydrogen) atoms. The number of piperazine rings is 1. The van der Waals surface area contributed by atoms with Crippen molar-refractivity contribution in [3.05, 3.63) is 42.4 Å². The van der Waals surface area contributed by atoms with E-state index in [1.165, 1.54) is 23.4 Å². The summed E-state index contributed by atoms with van der Waals surface area (Å²) < 4.78 is 5.26. The minimum atomic E-state index is 0.554. The Kier molecular flexibility index (Phi) is 5.20. The van der Waals surface area contributed by atoms with Crippen LogP contribution >= 0.6 is 11.3 Å². The van der Waals surface area contributed by atoms with Crippen molar-refractivity contribution in [3.8, 4) is 11.3 Å². The van der Waals surface area contributed by atoms with Crippen LogP contribution in [0.1, 0.15) is 12.1 Å². The lowest BCUT2D eigenvalue weighted by Gasteiger charge is -2.35. The number of hydrogen-bond donors (Lipinski definition) is 2. The Morgan fingerprint density at radius 3 is 2.94 bits per heavy atom. The Labute approximate surface area is 195 Å². The first-order valence-electron chi connectivity index (χ1n) is 11.2. The van der Waals surface area contributed by atoms with Crippen LogP contribution in [0.2, 0.25) is 0 Å². The van der Waals surface area contributed by atoms with Crippen LogP contribution in [-0.2, 0) is 4.74 Å². The lowest BCUT2D eigenvalue weighted by Crippen LogP contribution is -2.47. The molecule has 2 bridgehead atoms. The molecule has 4 aromatic rings. The number of aromatic nitrogens is 5. The van der Waals surface area contributed by atoms with Crippen LogP contribution in [0.25, 0.3) is 21.6 Å². The summed E-state index contributed by atoms with van der Waals surface area (Å²) in [6.45, 7) is 5.96. The highest BCUT2D eigenvalue weighted by atomic mass is 32.1. The number of nitrogens with one attached hydrogen (secondary N) is 2. The molecule has 4 aromatic heterocycles. The molecule has 170 valence electrons. The highest BCUT2D eigenvalue weighted by molar-refractivity contribution is 7.21. The van der Waals surface area contributed by atoms with Gasteiger partial charge in [0.25, 0.3) is 0 Å². The number of hydrogen-bond acceptors (Lipinski definition) is 9. The summed E-state index contributed by atoms with van der Waals surface area (Å²) in [5.74, 6) is 0.802. The molecule has 0 radical (unpaired) electrons. The molecule has 2 aliphatic heterocycles. The molecule has 2 unspecified atom stereocenters. The van der Waals surface area contributed by atoms with E-state index in [1.807, 2.05) is 25.3 Å². The van der Waals surface area contributed by atoms with E-state index < -0.39 is 0 Å². The summed E-state index contributed by atoms with van der Waals surface area (Å²) in [5, 5.41) is 11.2. The Balaban J connectivity index is 1.18. The molecule has 0 spiro atoms. The maximum absolute atomic E-state index is 5.26. The number of nitrogens with zero attached hydrogens (tertiary/aromatic N) is 6. The van der Waals surface area contributed by atoms with Gasteiger partial charge < -0.3 is 15.0 Å². The maximum atomic E-state index is 5.26. The van der Waals surface area contributed by atoms with Gasteiger partial charge in [0.2, 0.25) is 0 Å². The standard InChI is InChI=1S/C23H26N8OS/c1-14-18(11-25-29-14)19-3-4-20-22(26-19)33-23(27-20)28-21-10-15(5-6-24-21)31-13-16-9-17(31)12-30(16)7-8-32-2/h3-6,10-11,16-17H,7-9,12-13H2,1-2H3,(H,25,29)(H,24,27,28). The summed E-state index contributed by atoms with van der Waals surface area (Å²) in [4.78, 5) is 20.0. The van der Waals surface area contributed by atoms with Crippen molar-refractivity contribution in [2.75, 3.05) is 43.6 Å². The van der Waals surface area contributed by atoms with Gasteiger partial charge in [-0.15, -0.1) is 0 Å². The average Bonchev–Trinajstić information content (AvgIpc) is 3.60. The molecular weight excluding hydrogens is 436 g/mol. The minimum absolute atomic E-state index is 0.554. The zero-order valence-corrected chi connectivity index (χ0v) is 19.5. The number of likely N-dealkylation sites (tertiary alicyclic amines) is 1. The van der Waals surface area contributed by atoms with Gasteiger partial charge in [0.15, 0.2) is 5.13 Å². The van der Waals surface area contributed by atoms with E-state index in [4.69, 9.17) is 14.7 Å². The zero-order valence-electron chi connectivity index (χ0n) is 18.7. The molecule has 0 amide bonds. The second kappa shape index (κ2) is 8.36. The van der Waals surface area contributed by atoms with Gasteiger partial charge in [-0.1, -0.05) is 11.3 Å². The van der Waals surface area contributed by atoms with Crippen molar-refractivity contribution in [1.82, 2.24) is 30.0 Å². The molecular formula is C23H26N8OS. The molecule has 2 atom stereocenters. The van der Waals surface area contributed by atoms with Crippen molar-refractivity contribution in [2.45, 2.75) is 25.4 Å². The third-order valence-corrected chi connectivity index (χ3v) is 7.49. The van der Waals surface area contributed by atoms with E-state index >= 15 is 0 Å². The van der Waals surface area contributed by atoms with Gasteiger partial charge in [-0.25, -0.2) is 15.0 Å². The van der Waals surface area contributed by atoms with E-state index in [-0.39, 0.29) is 0 Å². The van der Waals surface area contributed by atoms with Crippen LogP contribution in [0.4, 0.5) is 16.6 Å². The summed E-state index contributed by atoms with van der Waals surface area (Å²) in [6.07, 6.45) is 4.90. The summed E-state index contributed by atoms with van der Waals surface area (Å²) in [6, 6.07) is 9.38. The second-order valence-corrected chi connectivity index (χ2v) is 9.63. The average molecular weight is 463 g/mol. The quantitative estimate of drug-likeness (QED) is 0.431. The lowest BCUT2D eigenvalue weighted by atomic mass is 10.2. The smallest absolute Gasteiger partial charge is 0.190 e. The number of H-pyrrole nitrogens is 1. The Morgan fingerprint density at radius 2 is 2.15 bits per heavy atom. The van der Waals surface area contributed by atoms with E-state index in [1.54, 1.807) is 13.3 Å². The van der Waals surface area contributed by atoms with Gasteiger partial charge in [0.05, 0.1) is 18.5 Å². The van der Waals surface area contributed by atoms with E-state index in [2.05, 4.69) is 42.4 Å². The Hall–Kier alpha value is -3.08. The molecule has 9 nitrogen and oxygen atoms in total. The SMILES string of the molecule is COCCN1CC2CC1CN2c1ccnc(Nc2nc3ccc(-c4cn[nH]c4C)nc3s2)c1. The fraction of sp³-hybridized carbons (Fsp3) is 0.391. The number of aryl methyl sites for hydroxylation is 1. The molecule has 10 heteroatoms. The molecule has 2 N–H and O–H groups in total. The molecule has 6 rings (SSSR count). The van der Waals surface area contributed by atoms with Gasteiger partial charge in [0, 0.05) is 68.0 Å². The van der Waals surface area contributed by atoms with Gasteiger partial charge >= 0.3 is 0 Å². The predicted molar refractivity (Wildman–Crippen MR) is 130 cm³/mol. The predicted octanol–water partition coefficient (Wildman–Crippen LogP) is 3.44.